The van der Waals surface area contributed by atoms with Crippen molar-refractivity contribution in [2.75, 3.05) is 0 Å². The third-order valence-electron chi connectivity index (χ3n) is 0.348. The van der Waals surface area contributed by atoms with Crippen molar-refractivity contribution >= 4 is 22.5 Å². The molecule has 0 bridgehead atoms. The van der Waals surface area contributed by atoms with Crippen LogP contribution in [0.15, 0.2) is 12.7 Å². The van der Waals surface area contributed by atoms with Gasteiger partial charge in [-0.1, -0.05) is 0 Å². The molecule has 0 N–H and O–H groups in total. The molecule has 0 atom stereocenters. The summed E-state index contributed by atoms with van der Waals surface area (Å²) in [6.45, 7) is 3.56. The molecule has 0 aliphatic heterocycles. The topological polar surface area (TPSA) is 0 Å². The van der Waals surface area contributed by atoms with E-state index in [9.17, 15) is 0 Å². The first-order chi connectivity index (χ1) is 2.41. The SMILES string of the molecule is C=CC[CH2][Sn+3]. The van der Waals surface area contributed by atoms with Crippen molar-refractivity contribution in [2.24, 2.45) is 0 Å². The van der Waals surface area contributed by atoms with E-state index in [1.54, 1.807) is 22.5 Å². The van der Waals surface area contributed by atoms with E-state index in [1.807, 2.05) is 6.08 Å². The minimum atomic E-state index is 1.19. The molecule has 0 rings (SSSR count). The molecule has 5 heavy (non-hydrogen) atoms. The van der Waals surface area contributed by atoms with Gasteiger partial charge in [0.15, 0.2) is 0 Å². The fourth-order valence-corrected chi connectivity index (χ4v) is 0.685. The third kappa shape index (κ3) is 4.54. The molecule has 0 radical (unpaired) electrons. The summed E-state index contributed by atoms with van der Waals surface area (Å²) in [5, 5.41) is 0. The van der Waals surface area contributed by atoms with Crippen LogP contribution in [0.4, 0.5) is 0 Å². The Morgan fingerprint density at radius 1 is 1.80 bits per heavy atom. The molecule has 0 aliphatic carbocycles. The Balaban J connectivity index is 2.40. The van der Waals surface area contributed by atoms with Crippen molar-refractivity contribution < 1.29 is 0 Å². The van der Waals surface area contributed by atoms with Crippen molar-refractivity contribution in [3.05, 3.63) is 12.7 Å². The molecule has 1 heteroatoms. The molecular formula is C4H7Sn+3. The van der Waals surface area contributed by atoms with E-state index < -0.39 is 0 Å². The summed E-state index contributed by atoms with van der Waals surface area (Å²) in [6, 6.07) is 0. The maximum absolute atomic E-state index is 3.56. The monoisotopic (exact) mass is 175 g/mol. The zero-order chi connectivity index (χ0) is 4.12. The van der Waals surface area contributed by atoms with Gasteiger partial charge in [-0.2, -0.15) is 0 Å². The van der Waals surface area contributed by atoms with Gasteiger partial charge in [0, 0.05) is 0 Å². The Bertz CT molecular complexity index is 24.8. The minimum absolute atomic E-state index is 1.19. The summed E-state index contributed by atoms with van der Waals surface area (Å²) >= 11 is 1.61. The summed E-state index contributed by atoms with van der Waals surface area (Å²) in [6.07, 6.45) is 3.15. The zero-order valence-corrected chi connectivity index (χ0v) is 6.05. The maximum atomic E-state index is 3.56. The Kier molecular flexibility index (Phi) is 5.03. The molecule has 0 saturated carbocycles. The van der Waals surface area contributed by atoms with Crippen LogP contribution < -0.4 is 0 Å². The van der Waals surface area contributed by atoms with Gasteiger partial charge >= 0.3 is 46.0 Å². The van der Waals surface area contributed by atoms with E-state index in [1.165, 1.54) is 10.9 Å². The van der Waals surface area contributed by atoms with Crippen LogP contribution in [0.2, 0.25) is 4.44 Å². The van der Waals surface area contributed by atoms with Crippen LogP contribution in [0, 0.1) is 0 Å². The summed E-state index contributed by atoms with van der Waals surface area (Å²) < 4.78 is 1.32. The van der Waals surface area contributed by atoms with Gasteiger partial charge in [0.2, 0.25) is 0 Å². The normalized spacial score (nSPS) is 7.60. The van der Waals surface area contributed by atoms with Crippen LogP contribution in [0.3, 0.4) is 0 Å². The van der Waals surface area contributed by atoms with Crippen LogP contribution in [0.1, 0.15) is 6.42 Å². The average Bonchev–Trinajstić information content (AvgIpc) is 1.41. The standard InChI is InChI=1S/C4H7.Sn/c1-3-4-2;/h3H,1-2,4H2;/q;+3. The quantitative estimate of drug-likeness (QED) is 0.434. The van der Waals surface area contributed by atoms with E-state index >= 15 is 0 Å². The third-order valence-corrected chi connectivity index (χ3v) is 1.17. The first kappa shape index (κ1) is 5.54. The van der Waals surface area contributed by atoms with Crippen LogP contribution in [0.5, 0.6) is 0 Å². The molecule has 0 fully saturated rings. The van der Waals surface area contributed by atoms with Crippen LogP contribution >= 0.6 is 0 Å². The van der Waals surface area contributed by atoms with Crippen LogP contribution in [0.25, 0.3) is 0 Å². The molecule has 24 valence electrons. The van der Waals surface area contributed by atoms with Gasteiger partial charge < -0.3 is 0 Å². The molecule has 0 nitrogen and oxygen atoms in total. The summed E-state index contributed by atoms with van der Waals surface area (Å²) in [5.41, 5.74) is 0. The summed E-state index contributed by atoms with van der Waals surface area (Å²) in [5.74, 6) is 0. The second-order valence-corrected chi connectivity index (χ2v) is 2.25. The van der Waals surface area contributed by atoms with Crippen molar-refractivity contribution in [3.8, 4) is 0 Å². The van der Waals surface area contributed by atoms with Crippen LogP contribution in [-0.4, -0.2) is 22.5 Å². The first-order valence-electron chi connectivity index (χ1n) is 1.67. The van der Waals surface area contributed by atoms with E-state index in [2.05, 4.69) is 6.58 Å². The van der Waals surface area contributed by atoms with Crippen molar-refractivity contribution in [3.63, 3.8) is 0 Å². The number of hydrogen-bond donors (Lipinski definition) is 0. The Hall–Kier alpha value is 0.539. The first-order valence-corrected chi connectivity index (χ1v) is 3.69. The van der Waals surface area contributed by atoms with Gasteiger partial charge in [0.1, 0.15) is 0 Å². The molecule has 0 amide bonds. The van der Waals surface area contributed by atoms with Crippen molar-refractivity contribution in [1.82, 2.24) is 0 Å². The molecule has 0 spiro atoms. The van der Waals surface area contributed by atoms with E-state index in [4.69, 9.17) is 0 Å². The van der Waals surface area contributed by atoms with Gasteiger partial charge in [0.25, 0.3) is 0 Å². The summed E-state index contributed by atoms with van der Waals surface area (Å²) in [7, 11) is 0. The van der Waals surface area contributed by atoms with Crippen molar-refractivity contribution in [1.29, 1.82) is 0 Å². The average molecular weight is 174 g/mol. The van der Waals surface area contributed by atoms with E-state index in [-0.39, 0.29) is 0 Å². The summed E-state index contributed by atoms with van der Waals surface area (Å²) in [4.78, 5) is 0. The molecular weight excluding hydrogens is 167 g/mol. The van der Waals surface area contributed by atoms with E-state index in [0.717, 1.165) is 0 Å². The van der Waals surface area contributed by atoms with Gasteiger partial charge in [-0.25, -0.2) is 0 Å². The van der Waals surface area contributed by atoms with Gasteiger partial charge in [-0.15, -0.1) is 0 Å². The molecule has 0 saturated heterocycles. The van der Waals surface area contributed by atoms with Gasteiger partial charge in [-0.05, 0) is 0 Å². The molecule has 0 aromatic rings. The Morgan fingerprint density at radius 3 is 2.40 bits per heavy atom. The Labute approximate surface area is 46.4 Å². The second kappa shape index (κ2) is 4.54. The number of hydrogen-bond acceptors (Lipinski definition) is 0. The molecule has 0 heterocycles. The van der Waals surface area contributed by atoms with Gasteiger partial charge in [0.05, 0.1) is 0 Å². The van der Waals surface area contributed by atoms with Crippen molar-refractivity contribution in [2.45, 2.75) is 10.9 Å². The predicted octanol–water partition coefficient (Wildman–Crippen LogP) is 1.15. The fraction of sp³-hybridized carbons (Fsp3) is 0.500. The molecule has 0 aromatic carbocycles. The second-order valence-electron chi connectivity index (χ2n) is 0.827. The molecule has 0 unspecified atom stereocenters. The fourth-order valence-electron chi connectivity index (χ4n) is 0.102. The molecule has 0 aliphatic rings. The number of rotatable bonds is 2. The molecule has 0 aromatic heterocycles. The number of allylic oxidation sites excluding steroid dienone is 1. The van der Waals surface area contributed by atoms with E-state index in [0.29, 0.717) is 0 Å². The Morgan fingerprint density at radius 2 is 2.40 bits per heavy atom. The zero-order valence-electron chi connectivity index (χ0n) is 3.20. The van der Waals surface area contributed by atoms with Crippen LogP contribution in [-0.2, 0) is 0 Å². The predicted molar refractivity (Wildman–Crippen MR) is 25.4 cm³/mol. The van der Waals surface area contributed by atoms with Gasteiger partial charge in [-0.3, -0.25) is 0 Å².